The number of piperazine rings is 1. The lowest BCUT2D eigenvalue weighted by molar-refractivity contribution is 0.311. The van der Waals surface area contributed by atoms with Gasteiger partial charge in [0.1, 0.15) is 17.4 Å². The second-order valence-corrected chi connectivity index (χ2v) is 9.44. The van der Waals surface area contributed by atoms with E-state index in [9.17, 15) is 0 Å². The van der Waals surface area contributed by atoms with Crippen molar-refractivity contribution in [1.82, 2.24) is 30.0 Å². The van der Waals surface area contributed by atoms with Gasteiger partial charge < -0.3 is 24.8 Å². The number of aromatic amines is 2. The van der Waals surface area contributed by atoms with Crippen molar-refractivity contribution in [2.45, 2.75) is 26.7 Å². The Morgan fingerprint density at radius 2 is 1.85 bits per heavy atom. The van der Waals surface area contributed by atoms with Crippen LogP contribution in [0.5, 0.6) is 11.8 Å². The molecule has 1 fully saturated rings. The summed E-state index contributed by atoms with van der Waals surface area (Å²) in [6.07, 6.45) is 0. The highest BCUT2D eigenvalue weighted by Gasteiger charge is 2.19. The zero-order valence-corrected chi connectivity index (χ0v) is 20.6. The van der Waals surface area contributed by atoms with E-state index in [1.54, 1.807) is 0 Å². The lowest BCUT2D eigenvalue weighted by atomic mass is 10.1. The number of aromatic nitrogens is 5. The molecule has 5 rings (SSSR count). The van der Waals surface area contributed by atoms with E-state index in [2.05, 4.69) is 56.2 Å². The quantitative estimate of drug-likeness (QED) is 0.355. The Kier molecular flexibility index (Phi) is 6.05. The van der Waals surface area contributed by atoms with Crippen molar-refractivity contribution in [1.29, 1.82) is 0 Å². The van der Waals surface area contributed by atoms with Gasteiger partial charge in [-0.05, 0) is 38.1 Å². The van der Waals surface area contributed by atoms with Crippen LogP contribution in [-0.2, 0) is 0 Å². The van der Waals surface area contributed by atoms with E-state index in [0.29, 0.717) is 28.3 Å². The molecule has 10 heteroatoms. The minimum Gasteiger partial charge on any atom is -0.423 e. The van der Waals surface area contributed by atoms with Crippen molar-refractivity contribution in [3.05, 3.63) is 46.7 Å². The Labute approximate surface area is 203 Å². The van der Waals surface area contributed by atoms with Crippen molar-refractivity contribution in [2.24, 2.45) is 0 Å². The normalized spacial score (nSPS) is 14.8. The number of anilines is 3. The first-order valence-corrected chi connectivity index (χ1v) is 11.8. The predicted octanol–water partition coefficient (Wildman–Crippen LogP) is 5.05. The number of fused-ring (bicyclic) bond motifs is 1. The Balaban J connectivity index is 1.48. The molecule has 34 heavy (non-hydrogen) atoms. The molecule has 0 saturated carbocycles. The fourth-order valence-electron chi connectivity index (χ4n) is 4.01. The van der Waals surface area contributed by atoms with Crippen LogP contribution in [0.3, 0.4) is 0 Å². The fourth-order valence-corrected chi connectivity index (χ4v) is 4.27. The van der Waals surface area contributed by atoms with Gasteiger partial charge in [0, 0.05) is 60.6 Å². The topological polar surface area (TPSA) is 98.0 Å². The maximum atomic E-state index is 6.67. The molecule has 9 nitrogen and oxygen atoms in total. The van der Waals surface area contributed by atoms with Gasteiger partial charge in [0.05, 0.1) is 5.02 Å². The monoisotopic (exact) mass is 480 g/mol. The van der Waals surface area contributed by atoms with Gasteiger partial charge in [-0.25, -0.2) is 0 Å². The largest absolute Gasteiger partial charge is 0.423 e. The summed E-state index contributed by atoms with van der Waals surface area (Å²) in [7, 11) is 2.13. The van der Waals surface area contributed by atoms with Gasteiger partial charge in [0.25, 0.3) is 0 Å². The van der Waals surface area contributed by atoms with E-state index in [4.69, 9.17) is 21.3 Å². The van der Waals surface area contributed by atoms with E-state index in [0.717, 1.165) is 54.3 Å². The molecule has 0 spiro atoms. The van der Waals surface area contributed by atoms with Gasteiger partial charge in [-0.1, -0.05) is 25.4 Å². The number of halogens is 1. The van der Waals surface area contributed by atoms with Crippen LogP contribution in [0.15, 0.2) is 30.3 Å². The number of nitrogens with zero attached hydrogens (tertiary/aromatic N) is 5. The molecule has 0 unspecified atom stereocenters. The number of hydrogen-bond donors (Lipinski definition) is 3. The summed E-state index contributed by atoms with van der Waals surface area (Å²) < 4.78 is 6.13. The van der Waals surface area contributed by atoms with Crippen LogP contribution in [0.1, 0.15) is 31.2 Å². The lowest BCUT2D eigenvalue weighted by Crippen LogP contribution is -2.44. The second kappa shape index (κ2) is 9.15. The minimum atomic E-state index is 0.229. The standard InChI is InChI=1S/C24H29ClN8O/c1-14(2)18-12-21(31-30-18)27-20-13-22(33-9-7-32(4)8-10-33)29-24(28-20)34-19-6-5-17-16(23(19)25)11-15(3)26-17/h5-6,11-14,26H,7-10H2,1-4H3,(H2,27,28,29,30,31). The molecule has 0 atom stereocenters. The van der Waals surface area contributed by atoms with Crippen LogP contribution >= 0.6 is 11.6 Å². The molecule has 178 valence electrons. The van der Waals surface area contributed by atoms with Crippen LogP contribution < -0.4 is 15.0 Å². The third-order valence-corrected chi connectivity index (χ3v) is 6.42. The van der Waals surface area contributed by atoms with Crippen LogP contribution in [-0.4, -0.2) is 63.3 Å². The third-order valence-electron chi connectivity index (χ3n) is 6.03. The molecule has 0 aliphatic carbocycles. The highest BCUT2D eigenvalue weighted by Crippen LogP contribution is 2.36. The van der Waals surface area contributed by atoms with Crippen LogP contribution in [0, 0.1) is 6.92 Å². The summed E-state index contributed by atoms with van der Waals surface area (Å²) in [5, 5.41) is 12.2. The third kappa shape index (κ3) is 4.67. The molecular weight excluding hydrogens is 452 g/mol. The van der Waals surface area contributed by atoms with Crippen molar-refractivity contribution >= 4 is 40.0 Å². The van der Waals surface area contributed by atoms with E-state index >= 15 is 0 Å². The molecule has 3 aromatic heterocycles. The number of benzene rings is 1. The van der Waals surface area contributed by atoms with Crippen molar-refractivity contribution < 1.29 is 4.74 Å². The molecule has 0 bridgehead atoms. The molecule has 1 aliphatic rings. The van der Waals surface area contributed by atoms with Crippen molar-refractivity contribution in [2.75, 3.05) is 43.4 Å². The summed E-state index contributed by atoms with van der Waals surface area (Å²) in [5.74, 6) is 2.96. The van der Waals surface area contributed by atoms with Gasteiger partial charge in [-0.3, -0.25) is 5.10 Å². The van der Waals surface area contributed by atoms with Crippen LogP contribution in [0.25, 0.3) is 10.9 Å². The molecule has 1 saturated heterocycles. The number of nitrogens with one attached hydrogen (secondary N) is 3. The Hall–Kier alpha value is -3.30. The van der Waals surface area contributed by atoms with Gasteiger partial charge in [-0.2, -0.15) is 15.1 Å². The molecule has 3 N–H and O–H groups in total. The average molecular weight is 481 g/mol. The van der Waals surface area contributed by atoms with E-state index in [1.807, 2.05) is 37.3 Å². The first-order chi connectivity index (χ1) is 16.4. The summed E-state index contributed by atoms with van der Waals surface area (Å²) in [6.45, 7) is 9.92. The number of H-pyrrole nitrogens is 2. The number of aryl methyl sites for hydroxylation is 1. The molecule has 0 amide bonds. The molecular formula is C24H29ClN8O. The SMILES string of the molecule is Cc1cc2c(Cl)c(Oc3nc(Nc4cc(C(C)C)[nH]n4)cc(N4CCN(C)CC4)n3)ccc2[nH]1. The average Bonchev–Trinajstić information content (AvgIpc) is 3.43. The van der Waals surface area contributed by atoms with Crippen molar-refractivity contribution in [3.8, 4) is 11.8 Å². The highest BCUT2D eigenvalue weighted by molar-refractivity contribution is 6.37. The summed E-state index contributed by atoms with van der Waals surface area (Å²) in [5.41, 5.74) is 3.05. The van der Waals surface area contributed by atoms with E-state index in [-0.39, 0.29) is 6.01 Å². The predicted molar refractivity (Wildman–Crippen MR) is 136 cm³/mol. The highest BCUT2D eigenvalue weighted by atomic mass is 35.5. The lowest BCUT2D eigenvalue weighted by Gasteiger charge is -2.33. The first kappa shape index (κ1) is 22.5. The molecule has 1 aromatic carbocycles. The maximum Gasteiger partial charge on any atom is 0.325 e. The van der Waals surface area contributed by atoms with Crippen molar-refractivity contribution in [3.63, 3.8) is 0 Å². The fraction of sp³-hybridized carbons (Fsp3) is 0.375. The zero-order valence-electron chi connectivity index (χ0n) is 19.8. The Morgan fingerprint density at radius 3 is 2.59 bits per heavy atom. The molecule has 1 aliphatic heterocycles. The summed E-state index contributed by atoms with van der Waals surface area (Å²) in [6, 6.07) is 9.94. The number of likely N-dealkylation sites (N-methyl/N-ethyl adjacent to an activating group) is 1. The molecule has 0 radical (unpaired) electrons. The van der Waals surface area contributed by atoms with E-state index < -0.39 is 0 Å². The van der Waals surface area contributed by atoms with Gasteiger partial charge >= 0.3 is 6.01 Å². The first-order valence-electron chi connectivity index (χ1n) is 11.5. The number of hydrogen-bond acceptors (Lipinski definition) is 7. The van der Waals surface area contributed by atoms with Gasteiger partial charge in [0.15, 0.2) is 5.82 Å². The minimum absolute atomic E-state index is 0.229. The molecule has 4 aromatic rings. The van der Waals surface area contributed by atoms with E-state index in [1.165, 1.54) is 0 Å². The Bertz CT molecular complexity index is 1310. The zero-order chi connectivity index (χ0) is 23.8. The molecule has 4 heterocycles. The smallest absolute Gasteiger partial charge is 0.325 e. The summed E-state index contributed by atoms with van der Waals surface area (Å²) in [4.78, 5) is 17.2. The van der Waals surface area contributed by atoms with Gasteiger partial charge in [-0.15, -0.1) is 0 Å². The number of ether oxygens (including phenoxy) is 1. The Morgan fingerprint density at radius 1 is 1.06 bits per heavy atom. The summed E-state index contributed by atoms with van der Waals surface area (Å²) >= 11 is 6.67. The van der Waals surface area contributed by atoms with Crippen LogP contribution in [0.2, 0.25) is 5.02 Å². The maximum absolute atomic E-state index is 6.67. The van der Waals surface area contributed by atoms with Gasteiger partial charge in [0.2, 0.25) is 0 Å². The second-order valence-electron chi connectivity index (χ2n) is 9.07. The van der Waals surface area contributed by atoms with Crippen LogP contribution in [0.4, 0.5) is 17.5 Å². The number of rotatable bonds is 6.